The van der Waals surface area contributed by atoms with Gasteiger partial charge in [-0.2, -0.15) is 0 Å². The first-order valence-electron chi connectivity index (χ1n) is 4.49. The minimum atomic E-state index is 0.183. The van der Waals surface area contributed by atoms with Gasteiger partial charge in [0.1, 0.15) is 0 Å². The number of thioether (sulfide) groups is 1. The van der Waals surface area contributed by atoms with E-state index in [0.717, 1.165) is 17.7 Å². The molecule has 0 aliphatic carbocycles. The minimum Gasteiger partial charge on any atom is -0.288 e. The summed E-state index contributed by atoms with van der Waals surface area (Å²) >= 11 is 1.36. The fourth-order valence-electron chi connectivity index (χ4n) is 0.965. The van der Waals surface area contributed by atoms with Crippen molar-refractivity contribution < 1.29 is 4.79 Å². The predicted octanol–water partition coefficient (Wildman–Crippen LogP) is 2.76. The molecule has 2 nitrogen and oxygen atoms in total. The molecule has 1 heterocycles. The highest BCUT2D eigenvalue weighted by Crippen LogP contribution is 2.05. The summed E-state index contributed by atoms with van der Waals surface area (Å²) in [5.74, 6) is 0.858. The van der Waals surface area contributed by atoms with E-state index in [1.165, 1.54) is 11.8 Å². The van der Waals surface area contributed by atoms with E-state index in [1.807, 2.05) is 18.2 Å². The first kappa shape index (κ1) is 11.0. The molecule has 3 heteroatoms. The maximum atomic E-state index is 10.6. The van der Waals surface area contributed by atoms with Gasteiger partial charge in [0.2, 0.25) is 0 Å². The fraction of sp³-hybridized carbons (Fsp3) is 0.273. The average Bonchev–Trinajstić information content (AvgIpc) is 2.18. The molecule has 0 amide bonds. The third-order valence-corrected chi connectivity index (χ3v) is 2.45. The van der Waals surface area contributed by atoms with Gasteiger partial charge in [-0.05, 0) is 24.1 Å². The number of carbonyl (C=O) groups excluding carboxylic acids is 1. The zero-order valence-corrected chi connectivity index (χ0v) is 8.96. The number of nitrogens with zero attached hydrogens (tertiary/aromatic N) is 1. The average molecular weight is 207 g/mol. The van der Waals surface area contributed by atoms with E-state index in [0.29, 0.717) is 0 Å². The quantitative estimate of drug-likeness (QED) is 0.711. The van der Waals surface area contributed by atoms with Crippen LogP contribution in [0.3, 0.4) is 0 Å². The second-order valence-corrected chi connectivity index (χ2v) is 4.08. The van der Waals surface area contributed by atoms with Crippen molar-refractivity contribution in [3.8, 4) is 0 Å². The van der Waals surface area contributed by atoms with Gasteiger partial charge < -0.3 is 0 Å². The number of aromatic nitrogens is 1. The van der Waals surface area contributed by atoms with E-state index in [2.05, 4.69) is 11.1 Å². The van der Waals surface area contributed by atoms with Crippen molar-refractivity contribution >= 4 is 23.0 Å². The Bertz CT molecular complexity index is 308. The van der Waals surface area contributed by atoms with Crippen LogP contribution in [-0.4, -0.2) is 15.9 Å². The lowest BCUT2D eigenvalue weighted by molar-refractivity contribution is -0.109. The third kappa shape index (κ3) is 4.82. The van der Waals surface area contributed by atoms with Crippen molar-refractivity contribution in [3.63, 3.8) is 0 Å². The highest BCUT2D eigenvalue weighted by Gasteiger charge is 1.90. The molecule has 0 saturated heterocycles. The molecular formula is C11H13NOS. The van der Waals surface area contributed by atoms with Gasteiger partial charge in [0.25, 0.3) is 0 Å². The zero-order chi connectivity index (χ0) is 10.2. The van der Waals surface area contributed by atoms with E-state index in [1.54, 1.807) is 19.3 Å². The van der Waals surface area contributed by atoms with Crippen molar-refractivity contribution in [3.05, 3.63) is 36.2 Å². The SMILES string of the molecule is CC(=O)SCCC=Cc1ccncc1. The molecule has 0 aromatic carbocycles. The molecule has 1 rings (SSSR count). The lowest BCUT2D eigenvalue weighted by Gasteiger charge is -1.92. The molecule has 0 radical (unpaired) electrons. The summed E-state index contributed by atoms with van der Waals surface area (Å²) < 4.78 is 0. The molecule has 0 aliphatic rings. The Morgan fingerprint density at radius 2 is 2.21 bits per heavy atom. The number of allylic oxidation sites excluding steroid dienone is 1. The standard InChI is InChI=1S/C11H13NOS/c1-10(13)14-9-3-2-4-11-5-7-12-8-6-11/h2,4-8H,3,9H2,1H3. The molecule has 14 heavy (non-hydrogen) atoms. The van der Waals surface area contributed by atoms with Gasteiger partial charge in [0.05, 0.1) is 0 Å². The predicted molar refractivity (Wildman–Crippen MR) is 61.0 cm³/mol. The Morgan fingerprint density at radius 3 is 2.86 bits per heavy atom. The molecule has 0 spiro atoms. The third-order valence-electron chi connectivity index (χ3n) is 1.61. The molecule has 0 N–H and O–H groups in total. The Labute approximate surface area is 88.4 Å². The highest BCUT2D eigenvalue weighted by atomic mass is 32.2. The normalized spacial score (nSPS) is 10.6. The van der Waals surface area contributed by atoms with Crippen molar-refractivity contribution in [2.45, 2.75) is 13.3 Å². The van der Waals surface area contributed by atoms with E-state index >= 15 is 0 Å². The number of rotatable bonds is 4. The van der Waals surface area contributed by atoms with Crippen LogP contribution in [0.4, 0.5) is 0 Å². The maximum absolute atomic E-state index is 10.6. The summed E-state index contributed by atoms with van der Waals surface area (Å²) in [4.78, 5) is 14.5. The van der Waals surface area contributed by atoms with Crippen molar-refractivity contribution in [1.29, 1.82) is 0 Å². The minimum absolute atomic E-state index is 0.183. The molecule has 0 fully saturated rings. The topological polar surface area (TPSA) is 30.0 Å². The summed E-state index contributed by atoms with van der Waals surface area (Å²) in [6, 6.07) is 3.91. The molecule has 0 bridgehead atoms. The first-order chi connectivity index (χ1) is 6.79. The van der Waals surface area contributed by atoms with E-state index < -0.39 is 0 Å². The molecule has 0 atom stereocenters. The Morgan fingerprint density at radius 1 is 1.50 bits per heavy atom. The first-order valence-corrected chi connectivity index (χ1v) is 5.47. The summed E-state index contributed by atoms with van der Waals surface area (Å²) in [7, 11) is 0. The van der Waals surface area contributed by atoms with E-state index in [-0.39, 0.29) is 5.12 Å². The van der Waals surface area contributed by atoms with Crippen LogP contribution < -0.4 is 0 Å². The molecule has 0 saturated carbocycles. The van der Waals surface area contributed by atoms with Crippen LogP contribution in [0.1, 0.15) is 18.9 Å². The van der Waals surface area contributed by atoms with E-state index in [9.17, 15) is 4.79 Å². The van der Waals surface area contributed by atoms with Gasteiger partial charge in [-0.3, -0.25) is 9.78 Å². The maximum Gasteiger partial charge on any atom is 0.185 e. The second-order valence-electron chi connectivity index (χ2n) is 2.81. The van der Waals surface area contributed by atoms with Gasteiger partial charge in [0, 0.05) is 25.1 Å². The van der Waals surface area contributed by atoms with Crippen LogP contribution in [0, 0.1) is 0 Å². The van der Waals surface area contributed by atoms with Crippen LogP contribution in [0.25, 0.3) is 6.08 Å². The summed E-state index contributed by atoms with van der Waals surface area (Å²) in [5.41, 5.74) is 1.15. The van der Waals surface area contributed by atoms with Gasteiger partial charge in [0.15, 0.2) is 5.12 Å². The number of hydrogen-bond acceptors (Lipinski definition) is 3. The summed E-state index contributed by atoms with van der Waals surface area (Å²) in [6.07, 6.45) is 8.58. The van der Waals surface area contributed by atoms with Gasteiger partial charge in [-0.1, -0.05) is 23.9 Å². The number of pyridine rings is 1. The van der Waals surface area contributed by atoms with Gasteiger partial charge in [-0.15, -0.1) is 0 Å². The molecule has 0 aliphatic heterocycles. The Hall–Kier alpha value is -1.09. The molecule has 0 unspecified atom stereocenters. The number of hydrogen-bond donors (Lipinski definition) is 0. The second kappa shape index (κ2) is 6.38. The monoisotopic (exact) mass is 207 g/mol. The fourth-order valence-corrected chi connectivity index (χ4v) is 1.51. The Balaban J connectivity index is 2.25. The van der Waals surface area contributed by atoms with Crippen molar-refractivity contribution in [1.82, 2.24) is 4.98 Å². The lowest BCUT2D eigenvalue weighted by Crippen LogP contribution is -1.83. The van der Waals surface area contributed by atoms with Gasteiger partial charge in [-0.25, -0.2) is 0 Å². The molecule has 74 valence electrons. The highest BCUT2D eigenvalue weighted by molar-refractivity contribution is 8.13. The smallest absolute Gasteiger partial charge is 0.185 e. The molecular weight excluding hydrogens is 194 g/mol. The van der Waals surface area contributed by atoms with Crippen molar-refractivity contribution in [2.24, 2.45) is 0 Å². The van der Waals surface area contributed by atoms with E-state index in [4.69, 9.17) is 0 Å². The molecule has 1 aromatic heterocycles. The van der Waals surface area contributed by atoms with Crippen LogP contribution in [-0.2, 0) is 4.79 Å². The van der Waals surface area contributed by atoms with Gasteiger partial charge >= 0.3 is 0 Å². The lowest BCUT2D eigenvalue weighted by atomic mass is 10.2. The van der Waals surface area contributed by atoms with Crippen LogP contribution in [0.15, 0.2) is 30.6 Å². The van der Waals surface area contributed by atoms with Crippen LogP contribution in [0.2, 0.25) is 0 Å². The summed E-state index contributed by atoms with van der Waals surface area (Å²) in [6.45, 7) is 1.59. The largest absolute Gasteiger partial charge is 0.288 e. The van der Waals surface area contributed by atoms with Crippen LogP contribution in [0.5, 0.6) is 0 Å². The van der Waals surface area contributed by atoms with Crippen LogP contribution >= 0.6 is 11.8 Å². The Kier molecular flexibility index (Phi) is 5.00. The summed E-state index contributed by atoms with van der Waals surface area (Å²) in [5, 5.41) is 0.183. The number of carbonyl (C=O) groups is 1. The van der Waals surface area contributed by atoms with Crippen molar-refractivity contribution in [2.75, 3.05) is 5.75 Å². The molecule has 1 aromatic rings. The zero-order valence-electron chi connectivity index (χ0n) is 8.14.